The van der Waals surface area contributed by atoms with Gasteiger partial charge in [0.15, 0.2) is 22.4 Å². The number of unbranched alkanes of at least 4 members (excludes halogenated alkanes) is 3. The molecular formula is C31H35N3O7S2. The van der Waals surface area contributed by atoms with Crippen molar-refractivity contribution in [1.29, 1.82) is 0 Å². The predicted molar refractivity (Wildman–Crippen MR) is 166 cm³/mol. The van der Waals surface area contributed by atoms with E-state index in [1.807, 2.05) is 0 Å². The quantitative estimate of drug-likeness (QED) is 0.0910. The standard InChI is InChI=1S/C31H35N3O7S2/c1-7-9-10-11-15-40-21-13-12-20(16-22(21)39-6)24-23(25(35)27-17(3)32-19(5)42-27)26(36)29(37)34(24)31-33-18(4)28(43-31)30(38)41-14-8-2/h8,12-13,16,24,36H,2,7,9-11,14-15H2,1,3-6H3. The Morgan fingerprint density at radius 1 is 1.07 bits per heavy atom. The van der Waals surface area contributed by atoms with Crippen LogP contribution in [0.15, 0.2) is 42.2 Å². The third-order valence-corrected chi connectivity index (χ3v) is 9.04. The van der Waals surface area contributed by atoms with Gasteiger partial charge in [0.1, 0.15) is 11.5 Å². The molecule has 10 nitrogen and oxygen atoms in total. The van der Waals surface area contributed by atoms with E-state index < -0.39 is 29.5 Å². The minimum atomic E-state index is -1.07. The van der Waals surface area contributed by atoms with E-state index in [0.717, 1.165) is 37.0 Å². The summed E-state index contributed by atoms with van der Waals surface area (Å²) in [6.07, 6.45) is 5.64. The van der Waals surface area contributed by atoms with Crippen LogP contribution in [0.5, 0.6) is 11.5 Å². The molecule has 1 amide bonds. The summed E-state index contributed by atoms with van der Waals surface area (Å²) in [5, 5.41) is 12.0. The van der Waals surface area contributed by atoms with E-state index in [2.05, 4.69) is 23.5 Å². The van der Waals surface area contributed by atoms with Crippen molar-refractivity contribution in [2.24, 2.45) is 0 Å². The molecule has 0 spiro atoms. The van der Waals surface area contributed by atoms with Crippen LogP contribution in [0.1, 0.15) is 80.0 Å². The summed E-state index contributed by atoms with van der Waals surface area (Å²) < 4.78 is 16.8. The molecule has 0 aliphatic carbocycles. The number of carbonyl (C=O) groups is 3. The second-order valence-electron chi connectivity index (χ2n) is 9.93. The van der Waals surface area contributed by atoms with Gasteiger partial charge < -0.3 is 19.3 Å². The number of esters is 1. The van der Waals surface area contributed by atoms with Gasteiger partial charge in [-0.2, -0.15) is 0 Å². The first-order valence-electron chi connectivity index (χ1n) is 13.9. The van der Waals surface area contributed by atoms with Crippen LogP contribution in [0.3, 0.4) is 0 Å². The molecule has 2 aromatic heterocycles. The fraction of sp³-hybridized carbons (Fsp3) is 0.387. The molecule has 1 aliphatic rings. The van der Waals surface area contributed by atoms with Crippen LogP contribution in [0.4, 0.5) is 5.13 Å². The number of carbonyl (C=O) groups excluding carboxylic acids is 3. The number of aryl methyl sites for hydroxylation is 3. The second-order valence-corrected chi connectivity index (χ2v) is 12.1. The number of aromatic nitrogens is 2. The molecule has 1 atom stereocenters. The molecule has 0 fully saturated rings. The number of aliphatic hydroxyl groups is 1. The van der Waals surface area contributed by atoms with Crippen LogP contribution >= 0.6 is 22.7 Å². The lowest BCUT2D eigenvalue weighted by molar-refractivity contribution is -0.117. The third kappa shape index (κ3) is 6.65. The van der Waals surface area contributed by atoms with E-state index in [1.54, 1.807) is 39.0 Å². The zero-order chi connectivity index (χ0) is 31.3. The molecule has 0 radical (unpaired) electrons. The number of Topliss-reactive ketones (excluding diaryl/α,β-unsaturated/α-hetero) is 1. The normalized spacial score (nSPS) is 14.8. The number of methoxy groups -OCH3 is 1. The molecule has 43 heavy (non-hydrogen) atoms. The zero-order valence-corrected chi connectivity index (χ0v) is 26.5. The first-order chi connectivity index (χ1) is 20.6. The number of ketones is 1. The number of aliphatic hydroxyl groups excluding tert-OH is 1. The fourth-order valence-electron chi connectivity index (χ4n) is 4.77. The lowest BCUT2D eigenvalue weighted by Crippen LogP contribution is -2.31. The number of hydrogen-bond donors (Lipinski definition) is 1. The first-order valence-corrected chi connectivity index (χ1v) is 15.6. The van der Waals surface area contributed by atoms with Gasteiger partial charge in [0.05, 0.1) is 46.6 Å². The average Bonchev–Trinajstić information content (AvgIpc) is 3.62. The Hall–Kier alpha value is -4.03. The molecule has 0 saturated heterocycles. The van der Waals surface area contributed by atoms with Gasteiger partial charge in [0.25, 0.3) is 5.91 Å². The van der Waals surface area contributed by atoms with Gasteiger partial charge in [-0.15, -0.1) is 11.3 Å². The number of benzene rings is 1. The number of rotatable bonds is 14. The summed E-state index contributed by atoms with van der Waals surface area (Å²) in [5.41, 5.74) is 1.21. The van der Waals surface area contributed by atoms with Crippen molar-refractivity contribution in [3.63, 3.8) is 0 Å². The molecule has 12 heteroatoms. The molecule has 3 aromatic rings. The monoisotopic (exact) mass is 625 g/mol. The molecule has 0 bridgehead atoms. The van der Waals surface area contributed by atoms with Crippen molar-refractivity contribution in [3.05, 3.63) is 73.9 Å². The fourth-order valence-corrected chi connectivity index (χ4v) is 6.63. The Morgan fingerprint density at radius 3 is 2.47 bits per heavy atom. The highest BCUT2D eigenvalue weighted by Gasteiger charge is 2.47. The van der Waals surface area contributed by atoms with Crippen molar-refractivity contribution in [1.82, 2.24) is 9.97 Å². The summed E-state index contributed by atoms with van der Waals surface area (Å²) in [7, 11) is 1.51. The van der Waals surface area contributed by atoms with Crippen LogP contribution in [0.2, 0.25) is 0 Å². The highest BCUT2D eigenvalue weighted by atomic mass is 32.1. The van der Waals surface area contributed by atoms with Gasteiger partial charge in [-0.05, 0) is 44.9 Å². The molecule has 1 aliphatic heterocycles. The van der Waals surface area contributed by atoms with Crippen molar-refractivity contribution < 1.29 is 33.7 Å². The smallest absolute Gasteiger partial charge is 0.350 e. The largest absolute Gasteiger partial charge is 0.503 e. The minimum absolute atomic E-state index is 0.0121. The zero-order valence-electron chi connectivity index (χ0n) is 24.9. The van der Waals surface area contributed by atoms with Crippen LogP contribution in [-0.4, -0.2) is 53.1 Å². The molecule has 1 aromatic carbocycles. The number of hydrogen-bond acceptors (Lipinski definition) is 11. The van der Waals surface area contributed by atoms with E-state index in [-0.39, 0.29) is 22.2 Å². The Labute approximate surface area is 258 Å². The van der Waals surface area contributed by atoms with Crippen LogP contribution < -0.4 is 14.4 Å². The van der Waals surface area contributed by atoms with Gasteiger partial charge >= 0.3 is 5.97 Å². The lowest BCUT2D eigenvalue weighted by Gasteiger charge is -2.25. The molecule has 0 saturated carbocycles. The number of anilines is 1. The number of amides is 1. The van der Waals surface area contributed by atoms with E-state index in [4.69, 9.17) is 14.2 Å². The van der Waals surface area contributed by atoms with Crippen molar-refractivity contribution >= 4 is 45.5 Å². The highest BCUT2D eigenvalue weighted by Crippen LogP contribution is 2.46. The van der Waals surface area contributed by atoms with Gasteiger partial charge in [-0.25, -0.2) is 14.8 Å². The van der Waals surface area contributed by atoms with E-state index in [0.29, 0.717) is 44.9 Å². The van der Waals surface area contributed by atoms with Crippen molar-refractivity contribution in [3.8, 4) is 11.5 Å². The maximum atomic E-state index is 14.0. The first kappa shape index (κ1) is 31.9. The molecule has 3 heterocycles. The van der Waals surface area contributed by atoms with Crippen molar-refractivity contribution in [2.75, 3.05) is 25.2 Å². The van der Waals surface area contributed by atoms with E-state index >= 15 is 0 Å². The summed E-state index contributed by atoms with van der Waals surface area (Å²) in [6.45, 7) is 11.3. The lowest BCUT2D eigenvalue weighted by atomic mass is 9.95. The summed E-state index contributed by atoms with van der Waals surface area (Å²) in [6, 6.07) is 4.06. The number of ether oxygens (including phenoxy) is 3. The molecule has 1 unspecified atom stereocenters. The average molecular weight is 626 g/mol. The molecule has 1 N–H and O–H groups in total. The van der Waals surface area contributed by atoms with Crippen molar-refractivity contribution in [2.45, 2.75) is 59.4 Å². The van der Waals surface area contributed by atoms with Gasteiger partial charge in [-0.3, -0.25) is 14.5 Å². The Balaban J connectivity index is 1.79. The number of thiazole rings is 2. The van der Waals surface area contributed by atoms with Crippen LogP contribution in [0, 0.1) is 20.8 Å². The van der Waals surface area contributed by atoms with Crippen LogP contribution in [-0.2, 0) is 9.53 Å². The summed E-state index contributed by atoms with van der Waals surface area (Å²) in [4.78, 5) is 50.9. The summed E-state index contributed by atoms with van der Waals surface area (Å²) >= 11 is 2.12. The Kier molecular flexibility index (Phi) is 10.4. The number of nitrogens with zero attached hydrogens (tertiary/aromatic N) is 3. The van der Waals surface area contributed by atoms with E-state index in [1.165, 1.54) is 29.4 Å². The summed E-state index contributed by atoms with van der Waals surface area (Å²) in [5.74, 6) is -1.72. The highest BCUT2D eigenvalue weighted by molar-refractivity contribution is 7.17. The predicted octanol–water partition coefficient (Wildman–Crippen LogP) is 6.62. The minimum Gasteiger partial charge on any atom is -0.503 e. The molecule has 228 valence electrons. The molecular weight excluding hydrogens is 590 g/mol. The van der Waals surface area contributed by atoms with Crippen LogP contribution in [0.25, 0.3) is 0 Å². The Bertz CT molecular complexity index is 1570. The second kappa shape index (κ2) is 14.0. The third-order valence-electron chi connectivity index (χ3n) is 6.83. The topological polar surface area (TPSA) is 128 Å². The Morgan fingerprint density at radius 2 is 1.81 bits per heavy atom. The maximum Gasteiger partial charge on any atom is 0.350 e. The van der Waals surface area contributed by atoms with Gasteiger partial charge in [0, 0.05) is 0 Å². The van der Waals surface area contributed by atoms with Gasteiger partial charge in [-0.1, -0.05) is 56.2 Å². The van der Waals surface area contributed by atoms with E-state index in [9.17, 15) is 19.5 Å². The molecule has 4 rings (SSSR count). The SMILES string of the molecule is C=CCOC(=O)c1sc(N2C(=O)C(O)=C(C(=O)c3sc(C)nc3C)C2c2ccc(OCCCCCC)c(OC)c2)nc1C. The van der Waals surface area contributed by atoms with Gasteiger partial charge in [0.2, 0.25) is 5.78 Å². The maximum absolute atomic E-state index is 14.0.